The van der Waals surface area contributed by atoms with Crippen LogP contribution in [0.1, 0.15) is 18.4 Å². The van der Waals surface area contributed by atoms with Crippen molar-refractivity contribution < 1.29 is 24.2 Å². The number of aliphatic carboxylic acids is 1. The molecule has 0 aromatic heterocycles. The van der Waals surface area contributed by atoms with E-state index in [-0.39, 0.29) is 13.0 Å². The summed E-state index contributed by atoms with van der Waals surface area (Å²) < 4.78 is 5.19. The van der Waals surface area contributed by atoms with Gasteiger partial charge in [-0.05, 0) is 25.5 Å². The summed E-state index contributed by atoms with van der Waals surface area (Å²) >= 11 is 0. The summed E-state index contributed by atoms with van der Waals surface area (Å²) in [5.74, 6) is -1.95. The molecule has 0 bridgehead atoms. The predicted molar refractivity (Wildman–Crippen MR) is 67.2 cm³/mol. The van der Waals surface area contributed by atoms with Crippen molar-refractivity contribution in [1.29, 1.82) is 0 Å². The fourth-order valence-electron chi connectivity index (χ4n) is 1.24. The average molecular weight is 279 g/mol. The van der Waals surface area contributed by atoms with Gasteiger partial charge in [-0.2, -0.15) is 0 Å². The minimum atomic E-state index is -1.32. The van der Waals surface area contributed by atoms with E-state index >= 15 is 0 Å². The van der Waals surface area contributed by atoms with Crippen LogP contribution in [0.3, 0.4) is 0 Å². The maximum atomic E-state index is 11.3. The quantitative estimate of drug-likeness (QED) is 0.653. The van der Waals surface area contributed by atoms with Crippen molar-refractivity contribution in [1.82, 2.24) is 10.9 Å². The number of ether oxygens (including phenoxy) is 1. The van der Waals surface area contributed by atoms with Crippen molar-refractivity contribution in [3.63, 3.8) is 0 Å². The van der Waals surface area contributed by atoms with Crippen molar-refractivity contribution in [3.8, 4) is 5.75 Å². The number of hydrogen-bond acceptors (Lipinski definition) is 5. The second kappa shape index (κ2) is 7.78. The minimum absolute atomic E-state index is 0.260. The predicted octanol–water partition coefficient (Wildman–Crippen LogP) is -0.949. The summed E-state index contributed by atoms with van der Waals surface area (Å²) in [5.41, 5.74) is 5.26. The molecule has 0 spiro atoms. The lowest BCUT2D eigenvalue weighted by Crippen LogP contribution is -2.44. The number of rotatable bonds is 6. The van der Waals surface area contributed by atoms with Crippen LogP contribution in [0.15, 0.2) is 24.3 Å². The summed E-state index contributed by atoms with van der Waals surface area (Å²) in [7, 11) is 0. The third kappa shape index (κ3) is 6.39. The van der Waals surface area contributed by atoms with E-state index in [9.17, 15) is 19.5 Å². The van der Waals surface area contributed by atoms with Crippen molar-refractivity contribution >= 4 is 17.8 Å². The molecule has 2 N–H and O–H groups in total. The standard InChI is InChI=1S/C13H16N2O5/c1-9-2-4-10(5-3-9)20-8-12(17)15-14-11(16)6-7-13(18)19/h2-5H,6-8H2,1H3,(H,14,16)(H,15,17)(H,18,19)/p-1. The van der Waals surface area contributed by atoms with E-state index < -0.39 is 24.2 Å². The van der Waals surface area contributed by atoms with E-state index in [1.54, 1.807) is 12.1 Å². The molecule has 0 aliphatic heterocycles. The lowest BCUT2D eigenvalue weighted by molar-refractivity contribution is -0.305. The molecule has 0 atom stereocenters. The Morgan fingerprint density at radius 2 is 1.65 bits per heavy atom. The molecule has 7 nitrogen and oxygen atoms in total. The van der Waals surface area contributed by atoms with Gasteiger partial charge in [0.2, 0.25) is 5.91 Å². The highest BCUT2D eigenvalue weighted by Gasteiger charge is 2.05. The van der Waals surface area contributed by atoms with E-state index in [4.69, 9.17) is 4.74 Å². The first-order valence-electron chi connectivity index (χ1n) is 5.94. The second-order valence-electron chi connectivity index (χ2n) is 4.07. The van der Waals surface area contributed by atoms with Crippen molar-refractivity contribution in [2.45, 2.75) is 19.8 Å². The van der Waals surface area contributed by atoms with E-state index in [0.29, 0.717) is 5.75 Å². The van der Waals surface area contributed by atoms with Gasteiger partial charge in [0.1, 0.15) is 5.75 Å². The summed E-state index contributed by atoms with van der Waals surface area (Å²) in [6, 6.07) is 7.13. The molecule has 0 saturated carbocycles. The first-order chi connectivity index (χ1) is 9.47. The van der Waals surface area contributed by atoms with Crippen LogP contribution in [-0.4, -0.2) is 24.4 Å². The number of carbonyl (C=O) groups is 3. The van der Waals surface area contributed by atoms with E-state index in [2.05, 4.69) is 10.9 Å². The SMILES string of the molecule is Cc1ccc(OCC(=O)NNC(=O)CCC(=O)[O-])cc1. The van der Waals surface area contributed by atoms with Gasteiger partial charge in [-0.25, -0.2) is 0 Å². The van der Waals surface area contributed by atoms with Crippen LogP contribution in [0.4, 0.5) is 0 Å². The Hall–Kier alpha value is -2.57. The molecule has 1 aromatic carbocycles. The molecule has 0 aliphatic rings. The summed E-state index contributed by atoms with van der Waals surface area (Å²) in [5, 5.41) is 10.1. The smallest absolute Gasteiger partial charge is 0.276 e. The highest BCUT2D eigenvalue weighted by atomic mass is 16.5. The van der Waals surface area contributed by atoms with Gasteiger partial charge in [-0.3, -0.25) is 20.4 Å². The molecule has 0 radical (unpaired) electrons. The van der Waals surface area contributed by atoms with E-state index in [1.807, 2.05) is 19.1 Å². The lowest BCUT2D eigenvalue weighted by atomic mass is 10.2. The van der Waals surface area contributed by atoms with Crippen molar-refractivity contribution in [3.05, 3.63) is 29.8 Å². The number of carboxylic acids is 1. The molecule has 108 valence electrons. The minimum Gasteiger partial charge on any atom is -0.550 e. The van der Waals surface area contributed by atoms with E-state index in [0.717, 1.165) is 5.56 Å². The fraction of sp³-hybridized carbons (Fsp3) is 0.308. The topological polar surface area (TPSA) is 108 Å². The van der Waals surface area contributed by atoms with Gasteiger partial charge in [-0.1, -0.05) is 17.7 Å². The molecule has 0 heterocycles. The lowest BCUT2D eigenvalue weighted by Gasteiger charge is -2.09. The van der Waals surface area contributed by atoms with Gasteiger partial charge in [0.15, 0.2) is 6.61 Å². The van der Waals surface area contributed by atoms with Gasteiger partial charge in [-0.15, -0.1) is 0 Å². The molecule has 20 heavy (non-hydrogen) atoms. The Balaban J connectivity index is 2.21. The molecular weight excluding hydrogens is 264 g/mol. The van der Waals surface area contributed by atoms with Crippen molar-refractivity contribution in [2.24, 2.45) is 0 Å². The first-order valence-corrected chi connectivity index (χ1v) is 5.94. The number of hydrogen-bond donors (Lipinski definition) is 2. The number of aryl methyl sites for hydroxylation is 1. The fourth-order valence-corrected chi connectivity index (χ4v) is 1.24. The molecular formula is C13H15N2O5-. The molecule has 1 aromatic rings. The van der Waals surface area contributed by atoms with Gasteiger partial charge < -0.3 is 14.6 Å². The molecule has 0 saturated heterocycles. The Labute approximate surface area is 115 Å². The van der Waals surface area contributed by atoms with Crippen LogP contribution < -0.4 is 20.7 Å². The van der Waals surface area contributed by atoms with Gasteiger partial charge in [0, 0.05) is 12.4 Å². The zero-order valence-electron chi connectivity index (χ0n) is 11.0. The largest absolute Gasteiger partial charge is 0.550 e. The Bertz CT molecular complexity index is 484. The van der Waals surface area contributed by atoms with Crippen LogP contribution in [0.25, 0.3) is 0 Å². The maximum absolute atomic E-state index is 11.3. The Morgan fingerprint density at radius 3 is 2.25 bits per heavy atom. The number of nitrogens with one attached hydrogen (secondary N) is 2. The van der Waals surface area contributed by atoms with Gasteiger partial charge >= 0.3 is 0 Å². The third-order valence-corrected chi connectivity index (χ3v) is 2.29. The maximum Gasteiger partial charge on any atom is 0.276 e. The zero-order valence-corrected chi connectivity index (χ0v) is 11.0. The van der Waals surface area contributed by atoms with E-state index in [1.165, 1.54) is 0 Å². The molecule has 0 fully saturated rings. The summed E-state index contributed by atoms with van der Waals surface area (Å²) in [6.07, 6.45) is -0.664. The van der Waals surface area contributed by atoms with Crippen LogP contribution >= 0.6 is 0 Å². The normalized spacial score (nSPS) is 9.65. The Kier molecular flexibility index (Phi) is 6.02. The molecule has 0 unspecified atom stereocenters. The van der Waals surface area contributed by atoms with Gasteiger partial charge in [0.05, 0.1) is 0 Å². The highest BCUT2D eigenvalue weighted by Crippen LogP contribution is 2.10. The van der Waals surface area contributed by atoms with Crippen LogP contribution in [0.2, 0.25) is 0 Å². The number of benzene rings is 1. The molecule has 7 heteroatoms. The number of hydrazine groups is 1. The first kappa shape index (κ1) is 15.5. The highest BCUT2D eigenvalue weighted by molar-refractivity contribution is 5.84. The third-order valence-electron chi connectivity index (χ3n) is 2.29. The summed E-state index contributed by atoms with van der Waals surface area (Å²) in [4.78, 5) is 32.6. The number of amides is 2. The second-order valence-corrected chi connectivity index (χ2v) is 4.07. The zero-order chi connectivity index (χ0) is 15.0. The monoisotopic (exact) mass is 279 g/mol. The van der Waals surface area contributed by atoms with Crippen LogP contribution in [0.5, 0.6) is 5.75 Å². The molecule has 2 amide bonds. The number of carbonyl (C=O) groups excluding carboxylic acids is 3. The average Bonchev–Trinajstić information content (AvgIpc) is 2.42. The number of carboxylic acid groups (broad SMARTS) is 1. The molecule has 0 aliphatic carbocycles. The summed E-state index contributed by atoms with van der Waals surface area (Å²) in [6.45, 7) is 1.67. The van der Waals surface area contributed by atoms with Gasteiger partial charge in [0.25, 0.3) is 5.91 Å². The molecule has 1 rings (SSSR count). The Morgan fingerprint density at radius 1 is 1.05 bits per heavy atom. The van der Waals surface area contributed by atoms with Crippen LogP contribution in [0, 0.1) is 6.92 Å². The van der Waals surface area contributed by atoms with Crippen molar-refractivity contribution in [2.75, 3.05) is 6.61 Å². The van der Waals surface area contributed by atoms with Crippen LogP contribution in [-0.2, 0) is 14.4 Å².